The highest BCUT2D eigenvalue weighted by molar-refractivity contribution is 5.96. The highest BCUT2D eigenvalue weighted by Crippen LogP contribution is 2.22. The maximum atomic E-state index is 11.6. The lowest BCUT2D eigenvalue weighted by atomic mass is 10.1. The second kappa shape index (κ2) is 7.21. The number of Topliss-reactive ketones (excluding diaryl/α,β-unsaturated/α-hetero) is 1. The third-order valence-corrected chi connectivity index (χ3v) is 3.80. The minimum absolute atomic E-state index is 0.0450. The van der Waals surface area contributed by atoms with Crippen LogP contribution in [0.1, 0.15) is 22.8 Å². The molecule has 25 heavy (non-hydrogen) atoms. The van der Waals surface area contributed by atoms with Gasteiger partial charge in [0.1, 0.15) is 30.3 Å². The normalized spacial score (nSPS) is 10.6. The molecule has 0 fully saturated rings. The molecule has 0 amide bonds. The molecule has 2 aromatic carbocycles. The number of carbonyl (C=O) groups is 1. The first-order chi connectivity index (χ1) is 12.0. The largest absolute Gasteiger partial charge is 0.490 e. The van der Waals surface area contributed by atoms with Crippen LogP contribution in [-0.4, -0.2) is 19.0 Å². The van der Waals surface area contributed by atoms with Crippen LogP contribution in [0.5, 0.6) is 11.5 Å². The first-order valence-corrected chi connectivity index (χ1v) is 7.94. The van der Waals surface area contributed by atoms with Crippen molar-refractivity contribution >= 4 is 16.8 Å². The first-order valence-electron chi connectivity index (χ1n) is 7.94. The summed E-state index contributed by atoms with van der Waals surface area (Å²) in [5.41, 5.74) is 1.52. The minimum Gasteiger partial charge on any atom is -0.490 e. The van der Waals surface area contributed by atoms with E-state index in [1.165, 1.54) is 13.0 Å². The van der Waals surface area contributed by atoms with Crippen molar-refractivity contribution in [3.63, 3.8) is 0 Å². The molecule has 3 rings (SSSR count). The summed E-state index contributed by atoms with van der Waals surface area (Å²) >= 11 is 0. The van der Waals surface area contributed by atoms with Crippen molar-refractivity contribution < 1.29 is 18.7 Å². The SMILES string of the molecule is CC(=O)c1ccccc1OCCOc1ccc2c(C)cc(=O)oc2c1. The molecule has 0 bridgehead atoms. The van der Waals surface area contributed by atoms with Gasteiger partial charge in [-0.25, -0.2) is 4.79 Å². The summed E-state index contributed by atoms with van der Waals surface area (Å²) in [7, 11) is 0. The fraction of sp³-hybridized carbons (Fsp3) is 0.200. The molecule has 0 N–H and O–H groups in total. The summed E-state index contributed by atoms with van der Waals surface area (Å²) in [5, 5.41) is 0.874. The van der Waals surface area contributed by atoms with E-state index in [4.69, 9.17) is 13.9 Å². The third kappa shape index (κ3) is 3.88. The van der Waals surface area contributed by atoms with Crippen LogP contribution in [0.4, 0.5) is 0 Å². The second-order valence-corrected chi connectivity index (χ2v) is 5.66. The Labute approximate surface area is 144 Å². The van der Waals surface area contributed by atoms with Gasteiger partial charge in [0.15, 0.2) is 5.78 Å². The summed E-state index contributed by atoms with van der Waals surface area (Å²) in [6.07, 6.45) is 0. The number of ether oxygens (including phenoxy) is 2. The Hall–Kier alpha value is -3.08. The molecule has 0 saturated heterocycles. The number of carbonyl (C=O) groups excluding carboxylic acids is 1. The molecule has 5 nitrogen and oxygen atoms in total. The molecule has 0 atom stereocenters. The van der Waals surface area contributed by atoms with Crippen LogP contribution < -0.4 is 15.1 Å². The summed E-state index contributed by atoms with van der Waals surface area (Å²) in [4.78, 5) is 23.0. The van der Waals surface area contributed by atoms with Crippen LogP contribution >= 0.6 is 0 Å². The van der Waals surface area contributed by atoms with Crippen molar-refractivity contribution in [3.05, 3.63) is 70.1 Å². The lowest BCUT2D eigenvalue weighted by Gasteiger charge is -2.11. The van der Waals surface area contributed by atoms with E-state index < -0.39 is 0 Å². The molecule has 0 radical (unpaired) electrons. The van der Waals surface area contributed by atoms with Crippen LogP contribution in [0, 0.1) is 6.92 Å². The maximum absolute atomic E-state index is 11.6. The predicted molar refractivity (Wildman–Crippen MR) is 94.7 cm³/mol. The zero-order chi connectivity index (χ0) is 17.8. The van der Waals surface area contributed by atoms with Crippen molar-refractivity contribution in [1.82, 2.24) is 0 Å². The number of para-hydroxylation sites is 1. The Morgan fingerprint density at radius 1 is 1.04 bits per heavy atom. The fourth-order valence-corrected chi connectivity index (χ4v) is 2.59. The van der Waals surface area contributed by atoms with Crippen LogP contribution in [0.2, 0.25) is 0 Å². The molecule has 0 unspecified atom stereocenters. The minimum atomic E-state index is -0.383. The third-order valence-electron chi connectivity index (χ3n) is 3.80. The van der Waals surface area contributed by atoms with Crippen LogP contribution in [0.3, 0.4) is 0 Å². The van der Waals surface area contributed by atoms with Crippen molar-refractivity contribution in [3.8, 4) is 11.5 Å². The highest BCUT2D eigenvalue weighted by Gasteiger charge is 2.08. The molecule has 0 aliphatic heterocycles. The van der Waals surface area contributed by atoms with Gasteiger partial charge in [0.05, 0.1) is 5.56 Å². The molecule has 1 aromatic heterocycles. The molecule has 1 heterocycles. The fourth-order valence-electron chi connectivity index (χ4n) is 2.59. The van der Waals surface area contributed by atoms with E-state index in [0.29, 0.717) is 35.9 Å². The van der Waals surface area contributed by atoms with E-state index in [2.05, 4.69) is 0 Å². The number of ketones is 1. The Balaban J connectivity index is 1.64. The summed E-state index contributed by atoms with van der Waals surface area (Å²) in [6, 6.07) is 13.9. The van der Waals surface area contributed by atoms with Gasteiger partial charge in [-0.05, 0) is 43.7 Å². The van der Waals surface area contributed by atoms with Crippen molar-refractivity contribution in [1.29, 1.82) is 0 Å². The summed E-state index contributed by atoms with van der Waals surface area (Å²) < 4.78 is 16.5. The standard InChI is InChI=1S/C20H18O5/c1-13-11-20(22)25-19-12-15(7-8-16(13)19)23-9-10-24-18-6-4-3-5-17(18)14(2)21/h3-8,11-12H,9-10H2,1-2H3. The smallest absolute Gasteiger partial charge is 0.336 e. The lowest BCUT2D eigenvalue weighted by Crippen LogP contribution is -2.10. The number of hydrogen-bond acceptors (Lipinski definition) is 5. The van der Waals surface area contributed by atoms with Crippen LogP contribution in [0.25, 0.3) is 11.0 Å². The molecular formula is C20H18O5. The Morgan fingerprint density at radius 2 is 1.80 bits per heavy atom. The molecule has 0 spiro atoms. The molecule has 128 valence electrons. The van der Waals surface area contributed by atoms with Gasteiger partial charge in [0.2, 0.25) is 0 Å². The van der Waals surface area contributed by atoms with Crippen molar-refractivity contribution in [2.45, 2.75) is 13.8 Å². The zero-order valence-corrected chi connectivity index (χ0v) is 14.1. The average molecular weight is 338 g/mol. The van der Waals surface area contributed by atoms with Gasteiger partial charge in [-0.3, -0.25) is 4.79 Å². The summed E-state index contributed by atoms with van der Waals surface area (Å²) in [5.74, 6) is 1.08. The van der Waals surface area contributed by atoms with Crippen LogP contribution in [0.15, 0.2) is 57.7 Å². The monoisotopic (exact) mass is 338 g/mol. The molecule has 3 aromatic rings. The Morgan fingerprint density at radius 3 is 2.60 bits per heavy atom. The maximum Gasteiger partial charge on any atom is 0.336 e. The lowest BCUT2D eigenvalue weighted by molar-refractivity contribution is 0.101. The van der Waals surface area contributed by atoms with Crippen molar-refractivity contribution in [2.75, 3.05) is 13.2 Å². The van der Waals surface area contributed by atoms with E-state index in [1.54, 1.807) is 24.3 Å². The van der Waals surface area contributed by atoms with Gasteiger partial charge in [0.25, 0.3) is 0 Å². The van der Waals surface area contributed by atoms with E-state index in [0.717, 1.165) is 10.9 Å². The van der Waals surface area contributed by atoms with Gasteiger partial charge in [-0.15, -0.1) is 0 Å². The average Bonchev–Trinajstić information content (AvgIpc) is 2.58. The molecular weight excluding hydrogens is 320 g/mol. The van der Waals surface area contributed by atoms with Gasteiger partial charge in [-0.1, -0.05) is 12.1 Å². The quantitative estimate of drug-likeness (QED) is 0.389. The van der Waals surface area contributed by atoms with Gasteiger partial charge < -0.3 is 13.9 Å². The molecule has 5 heteroatoms. The number of rotatable bonds is 6. The van der Waals surface area contributed by atoms with E-state index in [9.17, 15) is 9.59 Å². The Bertz CT molecular complexity index is 971. The molecule has 0 aliphatic rings. The first kappa shape index (κ1) is 16.8. The summed E-state index contributed by atoms with van der Waals surface area (Å²) in [6.45, 7) is 3.96. The molecule has 0 saturated carbocycles. The number of fused-ring (bicyclic) bond motifs is 1. The van der Waals surface area contributed by atoms with Gasteiger partial charge in [-0.2, -0.15) is 0 Å². The van der Waals surface area contributed by atoms with E-state index >= 15 is 0 Å². The zero-order valence-electron chi connectivity index (χ0n) is 14.1. The topological polar surface area (TPSA) is 65.7 Å². The van der Waals surface area contributed by atoms with Crippen LogP contribution in [-0.2, 0) is 0 Å². The Kier molecular flexibility index (Phi) is 4.84. The second-order valence-electron chi connectivity index (χ2n) is 5.66. The van der Waals surface area contributed by atoms with Crippen molar-refractivity contribution in [2.24, 2.45) is 0 Å². The number of hydrogen-bond donors (Lipinski definition) is 0. The molecule has 0 aliphatic carbocycles. The van der Waals surface area contributed by atoms with Gasteiger partial charge in [0, 0.05) is 17.5 Å². The highest BCUT2D eigenvalue weighted by atomic mass is 16.5. The van der Waals surface area contributed by atoms with Gasteiger partial charge >= 0.3 is 5.63 Å². The number of aryl methyl sites for hydroxylation is 1. The predicted octanol–water partition coefficient (Wildman–Crippen LogP) is 3.76. The van der Waals surface area contributed by atoms with E-state index in [1.807, 2.05) is 25.1 Å². The van der Waals surface area contributed by atoms with E-state index in [-0.39, 0.29) is 11.4 Å². The number of benzene rings is 2.